The molecule has 5 atom stereocenters. The molecule has 1 saturated heterocycles. The second kappa shape index (κ2) is 26.0. The lowest BCUT2D eigenvalue weighted by Gasteiger charge is -2.44. The molecule has 2 saturated carbocycles. The standard InChI is InChI=1S/C75H94O7P2Si2/c1-53-39-40-67(56(4)45-53)83-79-70-65(51-76-85(72(5,6)7,59-31-19-13-20-32-59)60-33-21-14-22-34-60)78-66(52-77-86(73(8,9)10,61-35-23-15-24-36-61)62-37-25-16-26-38-62)71(70)82-84-80-68-57(46-54(2)48-63(68)74(11)41-27-17-28-42-74)50-58-47-55(3)49-64(69(58)81-84)75(12)43-29-18-30-44-75/h13-16,19-26,31-40,45-49,65-66,70-71,83H,17-18,27-30,41-44,50-52H2,1-12H3/t65-,66-,70-,71-/m1/s1. The third kappa shape index (κ3) is 12.7. The van der Waals surface area contributed by atoms with Crippen molar-refractivity contribution in [3.63, 3.8) is 0 Å². The molecule has 0 N–H and O–H groups in total. The second-order valence-electron chi connectivity index (χ2n) is 28.2. The third-order valence-corrected chi connectivity index (χ3v) is 31.9. The molecule has 2 aliphatic carbocycles. The topological polar surface area (TPSA) is 64.6 Å². The van der Waals surface area contributed by atoms with Crippen molar-refractivity contribution in [3.05, 3.63) is 208 Å². The number of rotatable bonds is 17. The summed E-state index contributed by atoms with van der Waals surface area (Å²) >= 11 is 0. The predicted molar refractivity (Wildman–Crippen MR) is 364 cm³/mol. The van der Waals surface area contributed by atoms with E-state index in [-0.39, 0.29) is 42.9 Å². The van der Waals surface area contributed by atoms with Crippen LogP contribution in [0.3, 0.4) is 0 Å². The molecule has 4 aliphatic rings. The van der Waals surface area contributed by atoms with E-state index < -0.39 is 49.7 Å². The highest BCUT2D eigenvalue weighted by molar-refractivity contribution is 7.42. The lowest BCUT2D eigenvalue weighted by atomic mass is 9.69. The van der Waals surface area contributed by atoms with Crippen molar-refractivity contribution in [3.8, 4) is 11.5 Å². The van der Waals surface area contributed by atoms with E-state index in [0.29, 0.717) is 6.42 Å². The maximum atomic E-state index is 8.00. The zero-order chi connectivity index (χ0) is 60.5. The highest BCUT2D eigenvalue weighted by Crippen LogP contribution is 2.57. The first-order valence-electron chi connectivity index (χ1n) is 32.0. The fraction of sp³-hybridized carbons (Fsp3) is 0.440. The van der Waals surface area contributed by atoms with E-state index in [9.17, 15) is 0 Å². The minimum atomic E-state index is -3.14. The molecule has 454 valence electrons. The molecule has 0 aromatic heterocycles. The number of aryl methyl sites for hydroxylation is 4. The zero-order valence-electron chi connectivity index (χ0n) is 53.4. The molecule has 86 heavy (non-hydrogen) atoms. The molecule has 0 radical (unpaired) electrons. The fourth-order valence-electron chi connectivity index (χ4n) is 15.1. The Kier molecular flexibility index (Phi) is 19.0. The predicted octanol–water partition coefficient (Wildman–Crippen LogP) is 16.6. The van der Waals surface area contributed by atoms with Crippen LogP contribution in [-0.2, 0) is 39.9 Å². The van der Waals surface area contributed by atoms with Gasteiger partial charge in [0.05, 0.1) is 13.2 Å². The summed E-state index contributed by atoms with van der Waals surface area (Å²) in [5.74, 6) is 1.81. The van der Waals surface area contributed by atoms with Gasteiger partial charge in [-0.2, -0.15) is 0 Å². The molecule has 7 aromatic carbocycles. The Bertz CT molecular complexity index is 3250. The van der Waals surface area contributed by atoms with Crippen LogP contribution in [0.4, 0.5) is 0 Å². The van der Waals surface area contributed by atoms with Crippen LogP contribution in [0.15, 0.2) is 164 Å². The fourth-order valence-corrected chi connectivity index (χ4v) is 26.5. The summed E-state index contributed by atoms with van der Waals surface area (Å²) < 4.78 is 54.8. The van der Waals surface area contributed by atoms with Gasteiger partial charge in [0.1, 0.15) is 35.9 Å². The van der Waals surface area contributed by atoms with Crippen molar-refractivity contribution < 1.29 is 31.7 Å². The van der Waals surface area contributed by atoms with Crippen LogP contribution in [-0.4, -0.2) is 54.3 Å². The van der Waals surface area contributed by atoms with Gasteiger partial charge in [-0.25, -0.2) is 0 Å². The molecule has 11 heteroatoms. The summed E-state index contributed by atoms with van der Waals surface area (Å²) in [4.78, 5) is 0. The second-order valence-corrected chi connectivity index (χ2v) is 38.8. The van der Waals surface area contributed by atoms with Crippen LogP contribution in [0.1, 0.15) is 164 Å². The molecule has 7 nitrogen and oxygen atoms in total. The molecular formula is C75H94O7P2Si2. The molecule has 0 bridgehead atoms. The van der Waals surface area contributed by atoms with Gasteiger partial charge < -0.3 is 27.2 Å². The summed E-state index contributed by atoms with van der Waals surface area (Å²) in [5.41, 5.74) is 9.66. The van der Waals surface area contributed by atoms with Crippen molar-refractivity contribution >= 4 is 60.1 Å². The van der Waals surface area contributed by atoms with Crippen LogP contribution in [0, 0.1) is 27.7 Å². The number of hydrogen-bond donors (Lipinski definition) is 0. The van der Waals surface area contributed by atoms with Crippen LogP contribution in [0.25, 0.3) is 0 Å². The molecular weight excluding hydrogens is 1130 g/mol. The Morgan fingerprint density at radius 2 is 0.884 bits per heavy atom. The number of ether oxygens (including phenoxy) is 1. The lowest BCUT2D eigenvalue weighted by Crippen LogP contribution is -2.67. The molecule has 2 aliphatic heterocycles. The Morgan fingerprint density at radius 3 is 1.27 bits per heavy atom. The van der Waals surface area contributed by atoms with E-state index in [4.69, 9.17) is 31.7 Å². The maximum absolute atomic E-state index is 8.00. The number of fused-ring (bicyclic) bond motifs is 2. The summed E-state index contributed by atoms with van der Waals surface area (Å²) in [6, 6.07) is 59.9. The van der Waals surface area contributed by atoms with Crippen molar-refractivity contribution in [2.24, 2.45) is 0 Å². The first kappa shape index (κ1) is 62.8. The summed E-state index contributed by atoms with van der Waals surface area (Å²) in [7, 11) is -8.44. The highest BCUT2D eigenvalue weighted by atomic mass is 31.2. The van der Waals surface area contributed by atoms with Crippen LogP contribution < -0.4 is 35.1 Å². The van der Waals surface area contributed by atoms with E-state index in [1.54, 1.807) is 0 Å². The smallest absolute Gasteiger partial charge is 0.417 e. The van der Waals surface area contributed by atoms with Gasteiger partial charge in [-0.05, 0) is 112 Å². The van der Waals surface area contributed by atoms with Crippen LogP contribution >= 0.6 is 17.4 Å². The zero-order valence-corrected chi connectivity index (χ0v) is 57.3. The Hall–Kier alpha value is -4.77. The summed E-state index contributed by atoms with van der Waals surface area (Å²) in [6.45, 7) is 28.3. The highest BCUT2D eigenvalue weighted by Gasteiger charge is 2.57. The maximum Gasteiger partial charge on any atom is 0.463 e. The van der Waals surface area contributed by atoms with E-state index in [0.717, 1.165) is 42.5 Å². The van der Waals surface area contributed by atoms with Crippen molar-refractivity contribution in [1.29, 1.82) is 0 Å². The van der Waals surface area contributed by atoms with E-state index in [1.165, 1.54) is 104 Å². The number of hydrogen-bond acceptors (Lipinski definition) is 7. The molecule has 0 spiro atoms. The molecule has 3 fully saturated rings. The minimum Gasteiger partial charge on any atom is -0.417 e. The van der Waals surface area contributed by atoms with E-state index in [2.05, 4.69) is 247 Å². The van der Waals surface area contributed by atoms with Gasteiger partial charge in [0, 0.05) is 31.7 Å². The Morgan fingerprint density at radius 1 is 0.488 bits per heavy atom. The van der Waals surface area contributed by atoms with Crippen molar-refractivity contribution in [1.82, 2.24) is 0 Å². The van der Waals surface area contributed by atoms with Gasteiger partial charge in [-0.15, -0.1) is 0 Å². The SMILES string of the molecule is Cc1ccc(PO[C@H]2[C@H](OP3Oc4c(cc(C)cc4C4(C)CCCCC4)Cc4cc(C)cc(C5(C)CCCCC5)c4O3)[C@@H](CO[Si](c3ccccc3)(c3ccccc3)C(C)(C)C)O[C@@H]2CO[Si](c2ccccc2)(c2ccccc2)C(C)(C)C)c(C)c1. The first-order chi connectivity index (χ1) is 41.2. The van der Waals surface area contributed by atoms with E-state index >= 15 is 0 Å². The van der Waals surface area contributed by atoms with Gasteiger partial charge in [0.15, 0.2) is 0 Å². The van der Waals surface area contributed by atoms with Gasteiger partial charge in [-0.3, -0.25) is 4.52 Å². The molecule has 11 rings (SSSR count). The average Bonchev–Trinajstić information content (AvgIpc) is 1.31. The van der Waals surface area contributed by atoms with Crippen LogP contribution in [0.2, 0.25) is 10.1 Å². The minimum absolute atomic E-state index is 0.0119. The monoisotopic (exact) mass is 1220 g/mol. The first-order valence-corrected chi connectivity index (χ1v) is 37.8. The lowest BCUT2D eigenvalue weighted by molar-refractivity contribution is -0.0304. The normalized spacial score (nSPS) is 21.0. The third-order valence-electron chi connectivity index (χ3n) is 19.6. The molecule has 2 heterocycles. The van der Waals surface area contributed by atoms with E-state index in [1.807, 2.05) is 0 Å². The quantitative estimate of drug-likeness (QED) is 0.0665. The molecule has 1 unspecified atom stereocenters. The van der Waals surface area contributed by atoms with Gasteiger partial charge in [0.25, 0.3) is 16.6 Å². The Labute approximate surface area is 520 Å². The van der Waals surface area contributed by atoms with Gasteiger partial charge in [0.2, 0.25) is 0 Å². The summed E-state index contributed by atoms with van der Waals surface area (Å²) in [6.07, 6.45) is 9.78. The number of benzene rings is 7. The summed E-state index contributed by atoms with van der Waals surface area (Å²) in [5, 5.41) is 5.37. The van der Waals surface area contributed by atoms with Crippen LogP contribution in [0.5, 0.6) is 11.5 Å². The average molecular weight is 1230 g/mol. The Balaban J connectivity index is 1.09. The van der Waals surface area contributed by atoms with Gasteiger partial charge in [-0.1, -0.05) is 274 Å². The van der Waals surface area contributed by atoms with Crippen molar-refractivity contribution in [2.75, 3.05) is 13.2 Å². The molecule has 7 aromatic rings. The van der Waals surface area contributed by atoms with Crippen molar-refractivity contribution in [2.45, 2.75) is 199 Å². The largest absolute Gasteiger partial charge is 0.463 e. The molecule has 0 amide bonds. The van der Waals surface area contributed by atoms with Gasteiger partial charge >= 0.3 is 8.60 Å².